The fourth-order valence-electron chi connectivity index (χ4n) is 2.03. The van der Waals surface area contributed by atoms with Gasteiger partial charge in [0.15, 0.2) is 6.29 Å². The normalized spacial score (nSPS) is 31.2. The number of hydrogen-bond acceptors (Lipinski definition) is 8. The van der Waals surface area contributed by atoms with Crippen LogP contribution in [0.4, 0.5) is 0 Å². The molecule has 0 aliphatic carbocycles. The van der Waals surface area contributed by atoms with Crippen LogP contribution in [0.1, 0.15) is 5.56 Å². The molecule has 0 unspecified atom stereocenters. The van der Waals surface area contributed by atoms with Crippen molar-refractivity contribution in [2.45, 2.75) is 37.3 Å². The van der Waals surface area contributed by atoms with Crippen LogP contribution in [0.5, 0.6) is 0 Å². The second-order valence-electron chi connectivity index (χ2n) is 5.10. The lowest BCUT2D eigenvalue weighted by Gasteiger charge is -2.40. The highest BCUT2D eigenvalue weighted by atomic mass is 35.5. The molecule has 0 amide bonds. The van der Waals surface area contributed by atoms with Crippen molar-refractivity contribution in [3.05, 3.63) is 29.0 Å². The molecule has 0 spiro atoms. The predicted molar refractivity (Wildman–Crippen MR) is 78.7 cm³/mol. The van der Waals surface area contributed by atoms with Gasteiger partial charge in [-0.1, -0.05) is 17.7 Å². The molecule has 2 heterocycles. The molecule has 0 aromatic carbocycles. The van der Waals surface area contributed by atoms with Gasteiger partial charge in [-0.25, -0.2) is 9.55 Å². The van der Waals surface area contributed by atoms with Crippen molar-refractivity contribution in [1.82, 2.24) is 4.98 Å². The maximum Gasteiger partial charge on any atom is 0.469 e. The Morgan fingerprint density at radius 1 is 1.21 bits per heavy atom. The topological polar surface area (TPSA) is 159 Å². The molecule has 0 radical (unpaired) electrons. The Morgan fingerprint density at radius 2 is 1.92 bits per heavy atom. The van der Waals surface area contributed by atoms with Gasteiger partial charge in [0, 0.05) is 6.20 Å². The molecule has 1 aromatic heterocycles. The van der Waals surface area contributed by atoms with Crippen LogP contribution in [0.2, 0.25) is 5.15 Å². The van der Waals surface area contributed by atoms with Crippen molar-refractivity contribution in [2.24, 2.45) is 0 Å². The zero-order chi connectivity index (χ0) is 17.9. The monoisotopic (exact) mass is 385 g/mol. The van der Waals surface area contributed by atoms with Crippen LogP contribution in [0.25, 0.3) is 0 Å². The lowest BCUT2D eigenvalue weighted by Crippen LogP contribution is -2.59. The van der Waals surface area contributed by atoms with Gasteiger partial charge in [0.1, 0.15) is 29.6 Å². The minimum Gasteiger partial charge on any atom is -0.387 e. The molecule has 24 heavy (non-hydrogen) atoms. The maximum absolute atomic E-state index is 10.7. The highest BCUT2D eigenvalue weighted by Gasteiger charge is 2.45. The molecule has 12 heteroatoms. The largest absolute Gasteiger partial charge is 0.469 e. The highest BCUT2D eigenvalue weighted by molar-refractivity contribution is 7.46. The predicted octanol–water partition coefficient (Wildman–Crippen LogP) is -0.832. The zero-order valence-electron chi connectivity index (χ0n) is 12.2. The van der Waals surface area contributed by atoms with Gasteiger partial charge in [-0.3, -0.25) is 4.52 Å². The summed E-state index contributed by atoms with van der Waals surface area (Å²) in [4.78, 5) is 21.2. The first kappa shape index (κ1) is 19.7. The summed E-state index contributed by atoms with van der Waals surface area (Å²) < 4.78 is 25.5. The number of pyridine rings is 1. The number of ether oxygens (including phenoxy) is 2. The Hall–Kier alpha value is -0.650. The number of nitrogens with zero attached hydrogens (tertiary/aromatic N) is 1. The Labute approximate surface area is 141 Å². The van der Waals surface area contributed by atoms with E-state index in [9.17, 15) is 19.9 Å². The van der Waals surface area contributed by atoms with E-state index in [-0.39, 0.29) is 6.61 Å². The zero-order valence-corrected chi connectivity index (χ0v) is 13.8. The summed E-state index contributed by atoms with van der Waals surface area (Å²) in [6.45, 7) is -0.738. The smallest absolute Gasteiger partial charge is 0.387 e. The Kier molecular flexibility index (Phi) is 6.68. The molecule has 5 N–H and O–H groups in total. The summed E-state index contributed by atoms with van der Waals surface area (Å²) in [6, 6.07) is 3.16. The number of rotatable bonds is 6. The van der Waals surface area contributed by atoms with Crippen LogP contribution in [-0.2, 0) is 25.2 Å². The van der Waals surface area contributed by atoms with Gasteiger partial charge in [-0.2, -0.15) is 0 Å². The van der Waals surface area contributed by atoms with Crippen LogP contribution in [-0.4, -0.2) is 67.4 Å². The molecule has 10 nitrogen and oxygen atoms in total. The van der Waals surface area contributed by atoms with Crippen LogP contribution >= 0.6 is 19.4 Å². The summed E-state index contributed by atoms with van der Waals surface area (Å²) in [5.41, 5.74) is 0.610. The maximum atomic E-state index is 10.7. The first-order chi connectivity index (χ1) is 11.2. The van der Waals surface area contributed by atoms with Crippen molar-refractivity contribution in [2.75, 3.05) is 6.61 Å². The van der Waals surface area contributed by atoms with Crippen LogP contribution in [0.15, 0.2) is 18.3 Å². The van der Waals surface area contributed by atoms with Crippen molar-refractivity contribution in [1.29, 1.82) is 0 Å². The quantitative estimate of drug-likeness (QED) is 0.309. The Balaban J connectivity index is 1.97. The summed E-state index contributed by atoms with van der Waals surface area (Å²) in [6.07, 6.45) is -6.02. The number of halogens is 1. The number of aliphatic hydroxyl groups excluding tert-OH is 3. The summed E-state index contributed by atoms with van der Waals surface area (Å²) in [5, 5.41) is 29.8. The van der Waals surface area contributed by atoms with Crippen LogP contribution < -0.4 is 0 Å². The highest BCUT2D eigenvalue weighted by Crippen LogP contribution is 2.37. The number of phosphoric acid groups is 1. The van der Waals surface area contributed by atoms with Crippen molar-refractivity contribution >= 4 is 19.4 Å². The van der Waals surface area contributed by atoms with Gasteiger partial charge in [-0.15, -0.1) is 0 Å². The van der Waals surface area contributed by atoms with E-state index < -0.39 is 45.1 Å². The SMILES string of the molecule is O=P(O)(O)OC[C@H]1O[C@@H](OCc2ccc(Cl)nc2)[C@H](O)[C@@H](O)[C@@H]1O. The molecule has 1 aromatic rings. The fourth-order valence-corrected chi connectivity index (χ4v) is 2.49. The van der Waals surface area contributed by atoms with Gasteiger partial charge in [-0.05, 0) is 11.6 Å². The van der Waals surface area contributed by atoms with E-state index in [1.165, 1.54) is 12.3 Å². The average Bonchev–Trinajstić information content (AvgIpc) is 2.52. The third-order valence-corrected chi connectivity index (χ3v) is 3.99. The molecular weight excluding hydrogens is 369 g/mol. The minimum absolute atomic E-state index is 0.0409. The summed E-state index contributed by atoms with van der Waals surface area (Å²) in [7, 11) is -4.78. The molecule has 1 saturated heterocycles. The molecule has 136 valence electrons. The van der Waals surface area contributed by atoms with E-state index in [0.29, 0.717) is 10.7 Å². The van der Waals surface area contributed by atoms with Crippen LogP contribution in [0, 0.1) is 0 Å². The van der Waals surface area contributed by atoms with Gasteiger partial charge < -0.3 is 34.6 Å². The molecular formula is C12H17ClNO9P. The van der Waals surface area contributed by atoms with Gasteiger partial charge >= 0.3 is 7.82 Å². The van der Waals surface area contributed by atoms with Gasteiger partial charge in [0.2, 0.25) is 0 Å². The van der Waals surface area contributed by atoms with E-state index in [1.807, 2.05) is 0 Å². The average molecular weight is 386 g/mol. The number of aliphatic hydroxyl groups is 3. The fraction of sp³-hybridized carbons (Fsp3) is 0.583. The lowest BCUT2D eigenvalue weighted by molar-refractivity contribution is -0.303. The van der Waals surface area contributed by atoms with E-state index in [2.05, 4.69) is 9.51 Å². The summed E-state index contributed by atoms with van der Waals surface area (Å²) in [5.74, 6) is 0. The molecule has 0 bridgehead atoms. The third-order valence-electron chi connectivity index (χ3n) is 3.28. The second-order valence-corrected chi connectivity index (χ2v) is 6.73. The second kappa shape index (κ2) is 8.15. The third kappa shape index (κ3) is 5.43. The molecule has 1 aliphatic rings. The first-order valence-electron chi connectivity index (χ1n) is 6.79. The van der Waals surface area contributed by atoms with E-state index in [4.69, 9.17) is 30.9 Å². The molecule has 5 atom stereocenters. The van der Waals surface area contributed by atoms with Crippen molar-refractivity contribution in [3.8, 4) is 0 Å². The standard InChI is InChI=1S/C12H17ClNO9P/c13-8-2-1-6(3-14-8)4-21-12-11(17)10(16)9(15)7(23-12)5-22-24(18,19)20/h1-3,7,9-12,15-17H,4-5H2,(H2,18,19,20)/t7-,9-,10+,11-,12-/m1/s1. The minimum atomic E-state index is -4.78. The van der Waals surface area contributed by atoms with Crippen molar-refractivity contribution < 1.29 is 43.7 Å². The Morgan fingerprint density at radius 3 is 2.50 bits per heavy atom. The van der Waals surface area contributed by atoms with Gasteiger partial charge in [0.25, 0.3) is 0 Å². The first-order valence-corrected chi connectivity index (χ1v) is 8.70. The van der Waals surface area contributed by atoms with E-state index in [0.717, 1.165) is 0 Å². The van der Waals surface area contributed by atoms with Gasteiger partial charge in [0.05, 0.1) is 13.2 Å². The molecule has 1 aliphatic heterocycles. The lowest BCUT2D eigenvalue weighted by atomic mass is 9.99. The Bertz CT molecular complexity index is 582. The molecule has 1 fully saturated rings. The summed E-state index contributed by atoms with van der Waals surface area (Å²) >= 11 is 5.65. The molecule has 0 saturated carbocycles. The number of hydrogen-bond donors (Lipinski definition) is 5. The van der Waals surface area contributed by atoms with E-state index >= 15 is 0 Å². The number of phosphoric ester groups is 1. The van der Waals surface area contributed by atoms with Crippen LogP contribution in [0.3, 0.4) is 0 Å². The number of aromatic nitrogens is 1. The van der Waals surface area contributed by atoms with E-state index in [1.54, 1.807) is 6.07 Å². The molecule has 2 rings (SSSR count). The van der Waals surface area contributed by atoms with Crippen molar-refractivity contribution in [3.63, 3.8) is 0 Å².